The molecule has 0 radical (unpaired) electrons. The van der Waals surface area contributed by atoms with Crippen LogP contribution in [0.1, 0.15) is 45.4 Å². The molecule has 1 aliphatic heterocycles. The SMILES string of the molecule is CNC(=O)C1CCCN(CCCC(C)(C#N)NC2CC2)C1. The fraction of sp³-hybridized carbons (Fsp3) is 0.875. The second-order valence-electron chi connectivity index (χ2n) is 6.72. The van der Waals surface area contributed by atoms with E-state index in [0.717, 1.165) is 45.3 Å². The number of hydrogen-bond donors (Lipinski definition) is 2. The van der Waals surface area contributed by atoms with Gasteiger partial charge in [-0.2, -0.15) is 5.26 Å². The lowest BCUT2D eigenvalue weighted by Gasteiger charge is -2.32. The first-order valence-electron chi connectivity index (χ1n) is 8.19. The molecule has 2 atom stereocenters. The quantitative estimate of drug-likeness (QED) is 0.741. The first-order valence-corrected chi connectivity index (χ1v) is 8.19. The maximum atomic E-state index is 11.7. The molecular formula is C16H28N4O. The number of carbonyl (C=O) groups is 1. The van der Waals surface area contributed by atoms with E-state index in [-0.39, 0.29) is 11.8 Å². The highest BCUT2D eigenvalue weighted by molar-refractivity contribution is 5.78. The minimum absolute atomic E-state index is 0.135. The maximum Gasteiger partial charge on any atom is 0.224 e. The first-order chi connectivity index (χ1) is 10.1. The molecule has 1 saturated heterocycles. The van der Waals surface area contributed by atoms with Crippen molar-refractivity contribution >= 4 is 5.91 Å². The zero-order valence-corrected chi connectivity index (χ0v) is 13.3. The van der Waals surface area contributed by atoms with Crippen molar-refractivity contribution in [1.29, 1.82) is 5.26 Å². The molecule has 5 nitrogen and oxygen atoms in total. The third-order valence-electron chi connectivity index (χ3n) is 4.62. The molecule has 0 bridgehead atoms. The van der Waals surface area contributed by atoms with E-state index in [4.69, 9.17) is 0 Å². The van der Waals surface area contributed by atoms with Crippen LogP contribution in [-0.2, 0) is 4.79 Å². The number of nitrogens with zero attached hydrogens (tertiary/aromatic N) is 2. The molecule has 2 unspecified atom stereocenters. The van der Waals surface area contributed by atoms with E-state index in [1.165, 1.54) is 12.8 Å². The van der Waals surface area contributed by atoms with E-state index in [0.29, 0.717) is 6.04 Å². The van der Waals surface area contributed by atoms with Crippen molar-refractivity contribution in [2.75, 3.05) is 26.7 Å². The number of carbonyl (C=O) groups excluding carboxylic acids is 1. The first kappa shape index (κ1) is 16.3. The summed E-state index contributed by atoms with van der Waals surface area (Å²) in [7, 11) is 1.71. The summed E-state index contributed by atoms with van der Waals surface area (Å²) in [6.07, 6.45) is 6.38. The number of nitrogens with one attached hydrogen (secondary N) is 2. The summed E-state index contributed by atoms with van der Waals surface area (Å²) in [5.74, 6) is 0.299. The Morgan fingerprint density at radius 3 is 2.81 bits per heavy atom. The molecule has 0 aromatic carbocycles. The van der Waals surface area contributed by atoms with Crippen LogP contribution in [0.5, 0.6) is 0 Å². The van der Waals surface area contributed by atoms with Gasteiger partial charge >= 0.3 is 0 Å². The van der Waals surface area contributed by atoms with Crippen LogP contribution >= 0.6 is 0 Å². The fourth-order valence-electron chi connectivity index (χ4n) is 3.17. The van der Waals surface area contributed by atoms with Gasteiger partial charge in [-0.1, -0.05) is 0 Å². The largest absolute Gasteiger partial charge is 0.359 e. The van der Waals surface area contributed by atoms with Gasteiger partial charge in [0.05, 0.1) is 12.0 Å². The van der Waals surface area contributed by atoms with Crippen LogP contribution in [0.15, 0.2) is 0 Å². The molecule has 0 spiro atoms. The van der Waals surface area contributed by atoms with Gasteiger partial charge in [0, 0.05) is 19.6 Å². The predicted molar refractivity (Wildman–Crippen MR) is 82.6 cm³/mol. The number of amides is 1. The highest BCUT2D eigenvalue weighted by Gasteiger charge is 2.32. The van der Waals surface area contributed by atoms with Gasteiger partial charge < -0.3 is 10.2 Å². The van der Waals surface area contributed by atoms with E-state index < -0.39 is 5.54 Å². The van der Waals surface area contributed by atoms with Crippen molar-refractivity contribution in [2.45, 2.75) is 57.0 Å². The zero-order chi connectivity index (χ0) is 15.3. The highest BCUT2D eigenvalue weighted by atomic mass is 16.1. The van der Waals surface area contributed by atoms with E-state index in [2.05, 4.69) is 21.6 Å². The minimum atomic E-state index is -0.392. The molecule has 1 heterocycles. The van der Waals surface area contributed by atoms with Gasteiger partial charge in [0.1, 0.15) is 5.54 Å². The van der Waals surface area contributed by atoms with Crippen molar-refractivity contribution < 1.29 is 4.79 Å². The number of piperidine rings is 1. The van der Waals surface area contributed by atoms with Gasteiger partial charge in [-0.25, -0.2) is 0 Å². The summed E-state index contributed by atoms with van der Waals surface area (Å²) in [5.41, 5.74) is -0.392. The highest BCUT2D eigenvalue weighted by Crippen LogP contribution is 2.25. The van der Waals surface area contributed by atoms with Crippen molar-refractivity contribution in [3.63, 3.8) is 0 Å². The summed E-state index contributed by atoms with van der Waals surface area (Å²) in [6.45, 7) is 4.93. The van der Waals surface area contributed by atoms with Crippen LogP contribution < -0.4 is 10.6 Å². The molecule has 1 saturated carbocycles. The Labute approximate surface area is 128 Å². The van der Waals surface area contributed by atoms with Gasteiger partial charge in [0.15, 0.2) is 0 Å². The molecule has 118 valence electrons. The van der Waals surface area contributed by atoms with Crippen LogP contribution in [0.25, 0.3) is 0 Å². The lowest BCUT2D eigenvalue weighted by molar-refractivity contribution is -0.126. The van der Waals surface area contributed by atoms with Crippen LogP contribution in [0, 0.1) is 17.2 Å². The Hall–Kier alpha value is -1.12. The summed E-state index contributed by atoms with van der Waals surface area (Å²) in [4.78, 5) is 14.1. The van der Waals surface area contributed by atoms with Crippen molar-refractivity contribution in [3.05, 3.63) is 0 Å². The van der Waals surface area contributed by atoms with Crippen LogP contribution in [0.4, 0.5) is 0 Å². The monoisotopic (exact) mass is 292 g/mol. The Kier molecular flexibility index (Phi) is 5.60. The van der Waals surface area contributed by atoms with Gasteiger partial charge in [0.2, 0.25) is 5.91 Å². The lowest BCUT2D eigenvalue weighted by Crippen LogP contribution is -2.44. The summed E-state index contributed by atoms with van der Waals surface area (Å²) < 4.78 is 0. The number of nitriles is 1. The minimum Gasteiger partial charge on any atom is -0.359 e. The van der Waals surface area contributed by atoms with Gasteiger partial charge in [0.25, 0.3) is 0 Å². The fourth-order valence-corrected chi connectivity index (χ4v) is 3.17. The summed E-state index contributed by atoms with van der Waals surface area (Å²) in [6, 6.07) is 2.99. The predicted octanol–water partition coefficient (Wildman–Crippen LogP) is 1.26. The molecule has 2 rings (SSSR count). The van der Waals surface area contributed by atoms with E-state index in [1.807, 2.05) is 6.92 Å². The van der Waals surface area contributed by atoms with Crippen molar-refractivity contribution in [2.24, 2.45) is 5.92 Å². The second-order valence-corrected chi connectivity index (χ2v) is 6.72. The molecule has 5 heteroatoms. The Bertz CT molecular complexity index is 402. The topological polar surface area (TPSA) is 68.2 Å². The van der Waals surface area contributed by atoms with Crippen molar-refractivity contribution in [3.8, 4) is 6.07 Å². The molecule has 1 aliphatic carbocycles. The van der Waals surface area contributed by atoms with E-state index >= 15 is 0 Å². The van der Waals surface area contributed by atoms with E-state index in [1.54, 1.807) is 7.05 Å². The molecule has 2 fully saturated rings. The Morgan fingerprint density at radius 2 is 2.19 bits per heavy atom. The van der Waals surface area contributed by atoms with Crippen LogP contribution in [-0.4, -0.2) is 49.1 Å². The van der Waals surface area contributed by atoms with Crippen LogP contribution in [0.2, 0.25) is 0 Å². The van der Waals surface area contributed by atoms with E-state index in [9.17, 15) is 10.1 Å². The van der Waals surface area contributed by atoms with Gasteiger partial charge in [-0.05, 0) is 58.5 Å². The molecule has 0 aromatic heterocycles. The summed E-state index contributed by atoms with van der Waals surface area (Å²) >= 11 is 0. The zero-order valence-electron chi connectivity index (χ0n) is 13.3. The van der Waals surface area contributed by atoms with Gasteiger partial charge in [-0.15, -0.1) is 0 Å². The van der Waals surface area contributed by atoms with Gasteiger partial charge in [-0.3, -0.25) is 10.1 Å². The second kappa shape index (κ2) is 7.24. The Balaban J connectivity index is 1.72. The van der Waals surface area contributed by atoms with Crippen molar-refractivity contribution in [1.82, 2.24) is 15.5 Å². The average molecular weight is 292 g/mol. The van der Waals surface area contributed by atoms with Crippen LogP contribution in [0.3, 0.4) is 0 Å². The number of likely N-dealkylation sites (tertiary alicyclic amines) is 1. The number of rotatable bonds is 7. The summed E-state index contributed by atoms with van der Waals surface area (Å²) in [5, 5.41) is 15.6. The Morgan fingerprint density at radius 1 is 1.43 bits per heavy atom. The average Bonchev–Trinajstić information content (AvgIpc) is 3.30. The molecule has 2 aliphatic rings. The third kappa shape index (κ3) is 4.98. The normalized spacial score (nSPS) is 25.9. The molecule has 21 heavy (non-hydrogen) atoms. The smallest absolute Gasteiger partial charge is 0.224 e. The molecule has 0 aromatic rings. The molecular weight excluding hydrogens is 264 g/mol. The molecule has 1 amide bonds. The standard InChI is InChI=1S/C16H28N4O/c1-16(12-17,19-14-6-7-14)8-4-10-20-9-3-5-13(11-20)15(21)18-2/h13-14,19H,3-11H2,1-2H3,(H,18,21). The lowest BCUT2D eigenvalue weighted by atomic mass is 9.95. The number of hydrogen-bond acceptors (Lipinski definition) is 4. The maximum absolute atomic E-state index is 11.7. The molecule has 2 N–H and O–H groups in total. The third-order valence-corrected chi connectivity index (χ3v) is 4.62.